The number of hydrogen-bond acceptors (Lipinski definition) is 5. The summed E-state index contributed by atoms with van der Waals surface area (Å²) in [5.74, 6) is 0.327. The highest BCUT2D eigenvalue weighted by Crippen LogP contribution is 2.35. The average molecular weight is 531 g/mol. The van der Waals surface area contributed by atoms with Gasteiger partial charge in [0, 0.05) is 28.0 Å². The number of alkyl halides is 1. The van der Waals surface area contributed by atoms with Crippen LogP contribution in [0.3, 0.4) is 0 Å². The molecule has 8 heteroatoms. The molecule has 2 aromatic carbocycles. The molecule has 36 heavy (non-hydrogen) atoms. The van der Waals surface area contributed by atoms with Crippen molar-refractivity contribution in [1.82, 2.24) is 9.88 Å². The minimum Gasteiger partial charge on any atom is -0.497 e. The number of likely N-dealkylation sites (tertiary alicyclic amines) is 1. The highest BCUT2D eigenvalue weighted by atomic mass is 35.5. The summed E-state index contributed by atoms with van der Waals surface area (Å²) in [5, 5.41) is 11.4. The van der Waals surface area contributed by atoms with E-state index in [1.165, 1.54) is 0 Å². The largest absolute Gasteiger partial charge is 0.497 e. The van der Waals surface area contributed by atoms with Gasteiger partial charge in [0.2, 0.25) is 0 Å². The lowest BCUT2D eigenvalue weighted by Gasteiger charge is -2.36. The number of methoxy groups -OCH3 is 1. The van der Waals surface area contributed by atoms with Gasteiger partial charge in [0.05, 0.1) is 18.5 Å². The second kappa shape index (κ2) is 12.7. The van der Waals surface area contributed by atoms with Gasteiger partial charge in [-0.15, -0.1) is 11.8 Å². The highest BCUT2D eigenvalue weighted by Gasteiger charge is 2.34. The van der Waals surface area contributed by atoms with Gasteiger partial charge in [0.1, 0.15) is 11.9 Å². The molecule has 0 radical (unpaired) electrons. The second-order valence-electron chi connectivity index (χ2n) is 9.28. The summed E-state index contributed by atoms with van der Waals surface area (Å²) in [4.78, 5) is 19.8. The van der Waals surface area contributed by atoms with Crippen LogP contribution in [0.5, 0.6) is 5.75 Å². The first-order valence-corrected chi connectivity index (χ1v) is 13.7. The Kier molecular flexibility index (Phi) is 9.46. The van der Waals surface area contributed by atoms with Crippen molar-refractivity contribution in [3.63, 3.8) is 0 Å². The number of carboxylic acid groups (broad SMARTS) is 1. The molecule has 1 aliphatic heterocycles. The Hall–Kier alpha value is -2.35. The summed E-state index contributed by atoms with van der Waals surface area (Å²) in [6.07, 6.45) is 3.03. The molecule has 0 spiro atoms. The number of carbonyl (C=O) groups is 1. The number of aromatic nitrogens is 1. The number of nitrogens with zero attached hydrogens (tertiary/aromatic N) is 2. The van der Waals surface area contributed by atoms with E-state index in [1.54, 1.807) is 31.1 Å². The molecule has 1 aliphatic rings. The fourth-order valence-corrected chi connectivity index (χ4v) is 6.14. The van der Waals surface area contributed by atoms with Crippen LogP contribution in [-0.2, 0) is 4.79 Å². The number of hydrogen-bond donors (Lipinski definition) is 1. The molecule has 1 saturated heterocycles. The molecule has 0 aliphatic carbocycles. The van der Waals surface area contributed by atoms with Gasteiger partial charge in [0.15, 0.2) is 0 Å². The minimum atomic E-state index is -1.18. The molecule has 2 heterocycles. The fourth-order valence-electron chi connectivity index (χ4n) is 4.99. The molecular weight excluding hydrogens is 499 g/mol. The lowest BCUT2D eigenvalue weighted by Crippen LogP contribution is -2.44. The van der Waals surface area contributed by atoms with Crippen molar-refractivity contribution in [2.24, 2.45) is 11.8 Å². The number of ether oxygens (including phenoxy) is 1. The number of piperidine rings is 1. The lowest BCUT2D eigenvalue weighted by molar-refractivity contribution is -0.146. The summed E-state index contributed by atoms with van der Waals surface area (Å²) in [6.45, 7) is 2.23. The number of carboxylic acids is 1. The number of rotatable bonds is 11. The number of thioether (sulfide) groups is 1. The van der Waals surface area contributed by atoms with Crippen molar-refractivity contribution in [2.75, 3.05) is 32.5 Å². The van der Waals surface area contributed by atoms with Crippen LogP contribution in [0.25, 0.3) is 10.9 Å². The van der Waals surface area contributed by atoms with E-state index < -0.39 is 18.1 Å². The van der Waals surface area contributed by atoms with Crippen LogP contribution in [0.4, 0.5) is 4.39 Å². The maximum Gasteiger partial charge on any atom is 0.308 e. The quantitative estimate of drug-likeness (QED) is 0.215. The number of benzene rings is 2. The second-order valence-corrected chi connectivity index (χ2v) is 10.9. The van der Waals surface area contributed by atoms with Gasteiger partial charge in [-0.05, 0) is 98.5 Å². The lowest BCUT2D eigenvalue weighted by atomic mass is 9.81. The van der Waals surface area contributed by atoms with Crippen LogP contribution in [0.15, 0.2) is 59.6 Å². The number of fused-ring (bicyclic) bond motifs is 1. The van der Waals surface area contributed by atoms with Crippen LogP contribution >= 0.6 is 23.4 Å². The molecule has 1 N–H and O–H groups in total. The molecule has 0 bridgehead atoms. The first-order chi connectivity index (χ1) is 17.4. The van der Waals surface area contributed by atoms with Gasteiger partial charge >= 0.3 is 5.97 Å². The molecule has 0 unspecified atom stereocenters. The Bertz CT molecular complexity index is 1180. The Morgan fingerprint density at radius 2 is 2.17 bits per heavy atom. The van der Waals surface area contributed by atoms with Gasteiger partial charge in [-0.1, -0.05) is 17.7 Å². The summed E-state index contributed by atoms with van der Waals surface area (Å²) in [6, 6.07) is 15.0. The van der Waals surface area contributed by atoms with Gasteiger partial charge in [0.25, 0.3) is 0 Å². The Labute approximate surface area is 221 Å². The van der Waals surface area contributed by atoms with Gasteiger partial charge < -0.3 is 14.7 Å². The zero-order valence-corrected chi connectivity index (χ0v) is 22.0. The first kappa shape index (κ1) is 26.7. The van der Waals surface area contributed by atoms with Gasteiger partial charge in [-0.25, -0.2) is 4.39 Å². The van der Waals surface area contributed by atoms with E-state index in [2.05, 4.69) is 9.88 Å². The van der Waals surface area contributed by atoms with Crippen molar-refractivity contribution >= 4 is 40.2 Å². The third kappa shape index (κ3) is 6.90. The van der Waals surface area contributed by atoms with Crippen LogP contribution in [0.2, 0.25) is 5.02 Å². The van der Waals surface area contributed by atoms with Crippen LogP contribution < -0.4 is 4.74 Å². The van der Waals surface area contributed by atoms with Crippen LogP contribution in [0, 0.1) is 11.8 Å². The average Bonchev–Trinajstić information content (AvgIpc) is 2.89. The predicted octanol–water partition coefficient (Wildman–Crippen LogP) is 6.89. The smallest absolute Gasteiger partial charge is 0.308 e. The fraction of sp³-hybridized carbons (Fsp3) is 0.429. The molecule has 5 nitrogen and oxygen atoms in total. The van der Waals surface area contributed by atoms with Crippen LogP contribution in [-0.4, -0.2) is 53.5 Å². The third-order valence-electron chi connectivity index (χ3n) is 6.95. The maximum atomic E-state index is 15.4. The summed E-state index contributed by atoms with van der Waals surface area (Å²) in [7, 11) is 1.58. The Balaban J connectivity index is 1.29. The van der Waals surface area contributed by atoms with E-state index in [1.807, 2.05) is 42.5 Å². The Morgan fingerprint density at radius 1 is 1.31 bits per heavy atom. The summed E-state index contributed by atoms with van der Waals surface area (Å²) >= 11 is 7.81. The third-order valence-corrected chi connectivity index (χ3v) is 8.27. The maximum absolute atomic E-state index is 15.4. The predicted molar refractivity (Wildman–Crippen MR) is 144 cm³/mol. The number of aliphatic carboxylic acids is 1. The van der Waals surface area contributed by atoms with Crippen molar-refractivity contribution < 1.29 is 19.0 Å². The van der Waals surface area contributed by atoms with Crippen LogP contribution in [0.1, 0.15) is 37.4 Å². The standard InChI is InChI=1S/C28H32ClFN2O3S/c1-35-21-7-9-27-24(17-21)23(10-12-31-27)26(30)8-6-19-11-14-32(18-25(19)28(33)34)13-3-15-36-22-5-2-4-20(29)16-22/h2,4-5,7,9-10,12,16-17,19,25-26H,3,6,8,11,13-15,18H2,1H3,(H,33,34)/t19-,25+,26-/m1/s1. The normalized spacial score (nSPS) is 19.3. The molecule has 0 amide bonds. The topological polar surface area (TPSA) is 62.7 Å². The zero-order valence-electron chi connectivity index (χ0n) is 20.4. The monoisotopic (exact) mass is 530 g/mol. The SMILES string of the molecule is COc1ccc2nccc([C@H](F)CC[C@@H]3CCN(CCCSc4cccc(Cl)c4)C[C@@H]3C(=O)O)c2c1. The molecule has 4 rings (SSSR count). The van der Waals surface area contributed by atoms with Gasteiger partial charge in [-0.2, -0.15) is 0 Å². The molecule has 1 fully saturated rings. The minimum absolute atomic E-state index is 0.0273. The van der Waals surface area contributed by atoms with E-state index >= 15 is 4.39 Å². The zero-order chi connectivity index (χ0) is 25.5. The molecular formula is C28H32ClFN2O3S. The number of pyridine rings is 1. The molecule has 3 aromatic rings. The van der Waals surface area contributed by atoms with Crippen molar-refractivity contribution in [2.45, 2.75) is 36.8 Å². The van der Waals surface area contributed by atoms with Gasteiger partial charge in [-0.3, -0.25) is 9.78 Å². The number of halogens is 2. The molecule has 0 saturated carbocycles. The van der Waals surface area contributed by atoms with Crippen molar-refractivity contribution in [1.29, 1.82) is 0 Å². The Morgan fingerprint density at radius 3 is 2.94 bits per heavy atom. The van der Waals surface area contributed by atoms with E-state index in [9.17, 15) is 9.90 Å². The van der Waals surface area contributed by atoms with E-state index in [4.69, 9.17) is 16.3 Å². The summed E-state index contributed by atoms with van der Waals surface area (Å²) in [5.41, 5.74) is 1.31. The first-order valence-electron chi connectivity index (χ1n) is 12.3. The van der Waals surface area contributed by atoms with Crippen molar-refractivity contribution in [3.05, 3.63) is 65.3 Å². The van der Waals surface area contributed by atoms with E-state index in [0.717, 1.165) is 52.5 Å². The molecule has 3 atom stereocenters. The van der Waals surface area contributed by atoms with Crippen molar-refractivity contribution in [3.8, 4) is 5.75 Å². The molecule has 1 aromatic heterocycles. The molecule has 192 valence electrons. The highest BCUT2D eigenvalue weighted by molar-refractivity contribution is 7.99. The van der Waals surface area contributed by atoms with E-state index in [-0.39, 0.29) is 5.92 Å². The van der Waals surface area contributed by atoms with E-state index in [0.29, 0.717) is 30.7 Å². The summed E-state index contributed by atoms with van der Waals surface area (Å²) < 4.78 is 20.7.